The summed E-state index contributed by atoms with van der Waals surface area (Å²) >= 11 is 0. The number of carboxylic acids is 1. The third-order valence-electron chi connectivity index (χ3n) is 4.80. The number of aliphatic carboxylic acids is 1. The predicted octanol–water partition coefficient (Wildman–Crippen LogP) is 2.09. The smallest absolute Gasteiger partial charge is 0.407 e. The lowest BCUT2D eigenvalue weighted by Crippen LogP contribution is -2.44. The van der Waals surface area contributed by atoms with Gasteiger partial charge in [-0.2, -0.15) is 0 Å². The highest BCUT2D eigenvalue weighted by atomic mass is 16.5. The molecule has 2 aromatic carbocycles. The molecule has 2 amide bonds. The molecule has 0 aliphatic rings. The Labute approximate surface area is 181 Å². The van der Waals surface area contributed by atoms with E-state index in [4.69, 9.17) is 4.74 Å². The van der Waals surface area contributed by atoms with Gasteiger partial charge >= 0.3 is 12.1 Å². The van der Waals surface area contributed by atoms with Crippen LogP contribution in [0, 0.1) is 13.8 Å². The molecule has 0 aliphatic heterocycles. The van der Waals surface area contributed by atoms with E-state index in [1.54, 1.807) is 0 Å². The van der Waals surface area contributed by atoms with E-state index >= 15 is 0 Å². The van der Waals surface area contributed by atoms with Crippen molar-refractivity contribution in [2.75, 3.05) is 6.54 Å². The first-order chi connectivity index (χ1) is 14.8. The van der Waals surface area contributed by atoms with Crippen LogP contribution in [0.2, 0.25) is 0 Å². The van der Waals surface area contributed by atoms with Crippen molar-refractivity contribution >= 4 is 18.0 Å². The Hall–Kier alpha value is -3.39. The van der Waals surface area contributed by atoms with Gasteiger partial charge in [0.15, 0.2) is 0 Å². The fourth-order valence-electron chi connectivity index (χ4n) is 3.09. The summed E-state index contributed by atoms with van der Waals surface area (Å²) in [5, 5.41) is 24.3. The Kier molecular flexibility index (Phi) is 9.02. The van der Waals surface area contributed by atoms with Gasteiger partial charge in [0, 0.05) is 13.0 Å². The molecule has 0 unspecified atom stereocenters. The fourth-order valence-corrected chi connectivity index (χ4v) is 3.09. The molecule has 4 N–H and O–H groups in total. The van der Waals surface area contributed by atoms with Crippen LogP contribution in [-0.4, -0.2) is 46.9 Å². The molecule has 0 aliphatic carbocycles. The summed E-state index contributed by atoms with van der Waals surface area (Å²) in [6.07, 6.45) is -2.12. The fraction of sp³-hybridized carbons (Fsp3) is 0.348. The highest BCUT2D eigenvalue weighted by molar-refractivity contribution is 5.84. The van der Waals surface area contributed by atoms with Gasteiger partial charge in [-0.15, -0.1) is 0 Å². The zero-order chi connectivity index (χ0) is 22.8. The molecule has 0 bridgehead atoms. The number of rotatable bonds is 10. The first kappa shape index (κ1) is 23.9. The Balaban J connectivity index is 1.78. The van der Waals surface area contributed by atoms with Crippen LogP contribution in [0.1, 0.15) is 28.7 Å². The first-order valence-electron chi connectivity index (χ1n) is 9.96. The summed E-state index contributed by atoms with van der Waals surface area (Å²) in [7, 11) is 0. The molecule has 2 aromatic rings. The van der Waals surface area contributed by atoms with Gasteiger partial charge in [0.1, 0.15) is 12.6 Å². The van der Waals surface area contributed by atoms with Crippen LogP contribution >= 0.6 is 0 Å². The number of carboxylic acid groups (broad SMARTS) is 1. The standard InChI is InChI=1S/C23H28N2O6/c1-15-7-6-8-16(2)19(15)12-20(22(28)29)25-21(27)11-18(26)13-24-23(30)31-14-17-9-4-3-5-10-17/h3-10,18,20,26H,11-14H2,1-2H3,(H,24,30)(H,25,27)(H,28,29)/t18-,20-/m1/s1. The number of alkyl carbamates (subject to hydrolysis) is 1. The van der Waals surface area contributed by atoms with Gasteiger partial charge in [-0.05, 0) is 36.1 Å². The van der Waals surface area contributed by atoms with E-state index in [0.29, 0.717) is 0 Å². The third kappa shape index (κ3) is 8.10. The molecule has 0 fully saturated rings. The second-order valence-corrected chi connectivity index (χ2v) is 7.33. The summed E-state index contributed by atoms with van der Waals surface area (Å²) in [4.78, 5) is 35.5. The molecule has 31 heavy (non-hydrogen) atoms. The van der Waals surface area contributed by atoms with Crippen molar-refractivity contribution in [2.45, 2.75) is 45.4 Å². The second-order valence-electron chi connectivity index (χ2n) is 7.33. The Bertz CT molecular complexity index is 880. The number of hydrogen-bond acceptors (Lipinski definition) is 5. The largest absolute Gasteiger partial charge is 0.480 e. The lowest BCUT2D eigenvalue weighted by atomic mass is 9.96. The van der Waals surface area contributed by atoms with Crippen LogP contribution < -0.4 is 10.6 Å². The average molecular weight is 428 g/mol. The quantitative estimate of drug-likeness (QED) is 0.459. The minimum absolute atomic E-state index is 0.0852. The van der Waals surface area contributed by atoms with E-state index in [-0.39, 0.29) is 26.0 Å². The van der Waals surface area contributed by atoms with Crippen molar-refractivity contribution in [3.8, 4) is 0 Å². The Morgan fingerprint density at radius 1 is 1.00 bits per heavy atom. The van der Waals surface area contributed by atoms with E-state index in [9.17, 15) is 24.6 Å². The van der Waals surface area contributed by atoms with Crippen molar-refractivity contribution in [3.63, 3.8) is 0 Å². The summed E-state index contributed by atoms with van der Waals surface area (Å²) in [5.74, 6) is -1.78. The molecule has 2 atom stereocenters. The number of benzene rings is 2. The molecule has 0 saturated heterocycles. The average Bonchev–Trinajstić information content (AvgIpc) is 2.73. The molecule has 2 rings (SSSR count). The second kappa shape index (κ2) is 11.7. The lowest BCUT2D eigenvalue weighted by Gasteiger charge is -2.18. The van der Waals surface area contributed by atoms with Crippen molar-refractivity contribution < 1.29 is 29.3 Å². The molecule has 0 aromatic heterocycles. The Morgan fingerprint density at radius 2 is 1.65 bits per heavy atom. The number of carbonyl (C=O) groups is 3. The van der Waals surface area contributed by atoms with Gasteiger partial charge in [0.25, 0.3) is 0 Å². The number of ether oxygens (including phenoxy) is 1. The number of amides is 2. The molecule has 0 spiro atoms. The highest BCUT2D eigenvalue weighted by Crippen LogP contribution is 2.15. The van der Waals surface area contributed by atoms with Crippen LogP contribution in [0.25, 0.3) is 0 Å². The molecular formula is C23H28N2O6. The monoisotopic (exact) mass is 428 g/mol. The minimum Gasteiger partial charge on any atom is -0.480 e. The molecule has 0 radical (unpaired) electrons. The third-order valence-corrected chi connectivity index (χ3v) is 4.80. The zero-order valence-electron chi connectivity index (χ0n) is 17.6. The first-order valence-corrected chi connectivity index (χ1v) is 9.96. The van der Waals surface area contributed by atoms with Gasteiger partial charge in [0.05, 0.1) is 12.5 Å². The molecule has 8 heteroatoms. The van der Waals surface area contributed by atoms with Gasteiger partial charge in [-0.25, -0.2) is 9.59 Å². The van der Waals surface area contributed by atoms with Gasteiger partial charge in [0.2, 0.25) is 5.91 Å². The van der Waals surface area contributed by atoms with Gasteiger partial charge in [-0.1, -0.05) is 48.5 Å². The van der Waals surface area contributed by atoms with Crippen LogP contribution in [0.4, 0.5) is 4.79 Å². The summed E-state index contributed by atoms with van der Waals surface area (Å²) < 4.78 is 5.03. The van der Waals surface area contributed by atoms with Crippen LogP contribution in [0.5, 0.6) is 0 Å². The number of aliphatic hydroxyl groups is 1. The van der Waals surface area contributed by atoms with Crippen LogP contribution in [0.3, 0.4) is 0 Å². The SMILES string of the molecule is Cc1cccc(C)c1C[C@@H](NC(=O)C[C@@H](O)CNC(=O)OCc1ccccc1)C(=O)O. The van der Waals surface area contributed by atoms with Crippen LogP contribution in [0.15, 0.2) is 48.5 Å². The molecule has 0 heterocycles. The van der Waals surface area contributed by atoms with E-state index in [0.717, 1.165) is 22.3 Å². The van der Waals surface area contributed by atoms with E-state index in [2.05, 4.69) is 10.6 Å². The molecule has 0 saturated carbocycles. The maximum absolute atomic E-state index is 12.2. The molecule has 166 valence electrons. The molecular weight excluding hydrogens is 400 g/mol. The number of carbonyl (C=O) groups excluding carboxylic acids is 2. The summed E-state index contributed by atoms with van der Waals surface area (Å²) in [5.41, 5.74) is 3.57. The summed E-state index contributed by atoms with van der Waals surface area (Å²) in [6, 6.07) is 13.6. The lowest BCUT2D eigenvalue weighted by molar-refractivity contribution is -0.142. The van der Waals surface area contributed by atoms with Crippen molar-refractivity contribution in [2.24, 2.45) is 0 Å². The van der Waals surface area contributed by atoms with Crippen molar-refractivity contribution in [3.05, 3.63) is 70.8 Å². The number of hydrogen-bond donors (Lipinski definition) is 4. The van der Waals surface area contributed by atoms with Gasteiger partial charge in [-0.3, -0.25) is 4.79 Å². The number of aryl methyl sites for hydroxylation is 2. The zero-order valence-corrected chi connectivity index (χ0v) is 17.6. The number of nitrogens with one attached hydrogen (secondary N) is 2. The maximum atomic E-state index is 12.2. The van der Waals surface area contributed by atoms with Gasteiger partial charge < -0.3 is 25.6 Å². The van der Waals surface area contributed by atoms with Crippen molar-refractivity contribution in [1.29, 1.82) is 0 Å². The van der Waals surface area contributed by atoms with Crippen molar-refractivity contribution in [1.82, 2.24) is 10.6 Å². The normalized spacial score (nSPS) is 12.5. The van der Waals surface area contributed by atoms with E-state index < -0.39 is 30.1 Å². The summed E-state index contributed by atoms with van der Waals surface area (Å²) in [6.45, 7) is 3.66. The maximum Gasteiger partial charge on any atom is 0.407 e. The topological polar surface area (TPSA) is 125 Å². The van der Waals surface area contributed by atoms with E-state index in [1.165, 1.54) is 0 Å². The van der Waals surface area contributed by atoms with Crippen LogP contribution in [-0.2, 0) is 27.4 Å². The minimum atomic E-state index is -1.18. The molecule has 8 nitrogen and oxygen atoms in total. The Morgan fingerprint density at radius 3 is 2.26 bits per heavy atom. The number of aliphatic hydroxyl groups excluding tert-OH is 1. The predicted molar refractivity (Wildman–Crippen MR) is 114 cm³/mol. The van der Waals surface area contributed by atoms with E-state index in [1.807, 2.05) is 62.4 Å². The highest BCUT2D eigenvalue weighted by Gasteiger charge is 2.23.